The number of hydrogen-bond donors (Lipinski definition) is 3. The van der Waals surface area contributed by atoms with Crippen molar-refractivity contribution >= 4 is 17.6 Å². The van der Waals surface area contributed by atoms with Crippen LogP contribution in [0.5, 0.6) is 0 Å². The van der Waals surface area contributed by atoms with Gasteiger partial charge in [0, 0.05) is 31.7 Å². The number of guanidine groups is 1. The summed E-state index contributed by atoms with van der Waals surface area (Å²) in [5.74, 6) is 0.413. The number of hydrogen-bond acceptors (Lipinski definition) is 2. The van der Waals surface area contributed by atoms with Crippen molar-refractivity contribution in [1.29, 1.82) is 0 Å². The summed E-state index contributed by atoms with van der Waals surface area (Å²) < 4.78 is 13.0. The van der Waals surface area contributed by atoms with Gasteiger partial charge in [-0.25, -0.2) is 4.39 Å². The predicted molar refractivity (Wildman–Crippen MR) is 108 cm³/mol. The van der Waals surface area contributed by atoms with Crippen molar-refractivity contribution in [3.63, 3.8) is 0 Å². The second-order valence-electron chi connectivity index (χ2n) is 6.40. The van der Waals surface area contributed by atoms with Gasteiger partial charge in [-0.15, -0.1) is 0 Å². The third kappa shape index (κ3) is 6.73. The van der Waals surface area contributed by atoms with Crippen LogP contribution >= 0.6 is 0 Å². The molecule has 1 amide bonds. The first kappa shape index (κ1) is 20.4. The van der Waals surface area contributed by atoms with Gasteiger partial charge in [0.1, 0.15) is 5.82 Å². The molecule has 0 radical (unpaired) electrons. The Morgan fingerprint density at radius 3 is 2.37 bits per heavy atom. The minimum Gasteiger partial charge on any atom is -0.352 e. The summed E-state index contributed by atoms with van der Waals surface area (Å²) in [4.78, 5) is 16.2. The van der Waals surface area contributed by atoms with Crippen molar-refractivity contribution in [2.75, 3.05) is 12.4 Å². The Bertz CT molecular complexity index is 774. The summed E-state index contributed by atoms with van der Waals surface area (Å²) in [7, 11) is 1.70. The number of rotatable bonds is 7. The van der Waals surface area contributed by atoms with E-state index < -0.39 is 0 Å². The molecule has 5 nitrogen and oxygen atoms in total. The average Bonchev–Trinajstić information content (AvgIpc) is 2.69. The van der Waals surface area contributed by atoms with E-state index in [1.807, 2.05) is 38.1 Å². The number of nitrogens with one attached hydrogen (secondary N) is 3. The highest BCUT2D eigenvalue weighted by molar-refractivity contribution is 5.92. The van der Waals surface area contributed by atoms with Crippen LogP contribution in [0.3, 0.4) is 0 Å². The lowest BCUT2D eigenvalue weighted by Gasteiger charge is -2.14. The molecule has 27 heavy (non-hydrogen) atoms. The zero-order valence-corrected chi connectivity index (χ0v) is 16.1. The monoisotopic (exact) mass is 370 g/mol. The minimum absolute atomic E-state index is 0.0127. The summed E-state index contributed by atoms with van der Waals surface area (Å²) in [6, 6.07) is 14.1. The third-order valence-electron chi connectivity index (χ3n) is 4.31. The molecule has 0 heterocycles. The maximum Gasteiger partial charge on any atom is 0.227 e. The lowest BCUT2D eigenvalue weighted by atomic mass is 10.1. The topological polar surface area (TPSA) is 65.5 Å². The Hall–Kier alpha value is -2.89. The van der Waals surface area contributed by atoms with Gasteiger partial charge in [-0.2, -0.15) is 0 Å². The molecule has 1 unspecified atom stereocenters. The maximum absolute atomic E-state index is 13.0. The van der Waals surface area contributed by atoms with Crippen molar-refractivity contribution < 1.29 is 9.18 Å². The number of carbonyl (C=O) groups is 1. The molecular formula is C21H27FN4O. The number of carbonyl (C=O) groups excluding carboxylic acids is 1. The molecular weight excluding hydrogens is 343 g/mol. The molecule has 0 saturated carbocycles. The van der Waals surface area contributed by atoms with Gasteiger partial charge in [0.05, 0.1) is 0 Å². The lowest BCUT2D eigenvalue weighted by Crippen LogP contribution is -2.36. The van der Waals surface area contributed by atoms with E-state index in [2.05, 4.69) is 20.9 Å². The smallest absolute Gasteiger partial charge is 0.227 e. The highest BCUT2D eigenvalue weighted by Crippen LogP contribution is 2.13. The second-order valence-corrected chi connectivity index (χ2v) is 6.40. The van der Waals surface area contributed by atoms with Crippen LogP contribution in [-0.4, -0.2) is 18.9 Å². The molecule has 3 N–H and O–H groups in total. The first-order valence-corrected chi connectivity index (χ1v) is 9.10. The summed E-state index contributed by atoms with van der Waals surface area (Å²) in [6.45, 7) is 5.02. The van der Waals surface area contributed by atoms with Gasteiger partial charge in [-0.05, 0) is 41.8 Å². The van der Waals surface area contributed by atoms with Crippen LogP contribution in [0.4, 0.5) is 10.1 Å². The van der Waals surface area contributed by atoms with Gasteiger partial charge in [0.15, 0.2) is 5.96 Å². The molecule has 0 aliphatic heterocycles. The van der Waals surface area contributed by atoms with Gasteiger partial charge in [0.2, 0.25) is 5.91 Å². The van der Waals surface area contributed by atoms with Crippen LogP contribution < -0.4 is 16.0 Å². The normalized spacial score (nSPS) is 12.4. The maximum atomic E-state index is 13.0. The quantitative estimate of drug-likeness (QED) is 0.515. The first-order valence-electron chi connectivity index (χ1n) is 9.10. The zero-order chi connectivity index (χ0) is 19.6. The van der Waals surface area contributed by atoms with Gasteiger partial charge < -0.3 is 16.0 Å². The molecule has 0 fully saturated rings. The van der Waals surface area contributed by atoms with Gasteiger partial charge >= 0.3 is 0 Å². The molecule has 2 aromatic carbocycles. The molecule has 0 aliphatic rings. The Kier molecular flexibility index (Phi) is 7.79. The fourth-order valence-corrected chi connectivity index (χ4v) is 2.40. The minimum atomic E-state index is -0.249. The van der Waals surface area contributed by atoms with Crippen molar-refractivity contribution in [1.82, 2.24) is 10.6 Å². The summed E-state index contributed by atoms with van der Waals surface area (Å²) in [5.41, 5.74) is 2.78. The van der Waals surface area contributed by atoms with E-state index in [9.17, 15) is 9.18 Å². The molecule has 2 aromatic rings. The standard InChI is InChI=1S/C21H27FN4O/c1-4-15(2)20(27)26-19-7-5-6-17(12-19)14-25-21(23-3)24-13-16-8-10-18(22)11-9-16/h5-12,15H,4,13-14H2,1-3H3,(H,26,27)(H2,23,24,25). The Morgan fingerprint density at radius 1 is 1.07 bits per heavy atom. The van der Waals surface area contributed by atoms with Crippen molar-refractivity contribution in [3.05, 3.63) is 65.5 Å². The van der Waals surface area contributed by atoms with E-state index in [0.29, 0.717) is 19.0 Å². The Balaban J connectivity index is 1.87. The number of amides is 1. The van der Waals surface area contributed by atoms with Crippen LogP contribution in [0, 0.1) is 11.7 Å². The number of benzene rings is 2. The van der Waals surface area contributed by atoms with Crippen LogP contribution in [0.25, 0.3) is 0 Å². The van der Waals surface area contributed by atoms with E-state index in [1.54, 1.807) is 19.2 Å². The molecule has 6 heteroatoms. The van der Waals surface area contributed by atoms with Crippen molar-refractivity contribution in [2.24, 2.45) is 10.9 Å². The van der Waals surface area contributed by atoms with Crippen LogP contribution in [0.15, 0.2) is 53.5 Å². The predicted octanol–water partition coefficient (Wildman–Crippen LogP) is 3.68. The fraction of sp³-hybridized carbons (Fsp3) is 0.333. The van der Waals surface area contributed by atoms with Gasteiger partial charge in [-0.1, -0.05) is 38.1 Å². The average molecular weight is 370 g/mol. The fourth-order valence-electron chi connectivity index (χ4n) is 2.40. The van der Waals surface area contributed by atoms with Crippen LogP contribution in [0.1, 0.15) is 31.4 Å². The number of aliphatic imine (C=N–C) groups is 1. The molecule has 0 saturated heterocycles. The van der Waals surface area contributed by atoms with E-state index >= 15 is 0 Å². The molecule has 0 bridgehead atoms. The molecule has 2 rings (SSSR count). The van der Waals surface area contributed by atoms with Crippen LogP contribution in [-0.2, 0) is 17.9 Å². The molecule has 0 spiro atoms. The molecule has 144 valence electrons. The molecule has 1 atom stereocenters. The van der Waals surface area contributed by atoms with Crippen molar-refractivity contribution in [3.8, 4) is 0 Å². The first-order chi connectivity index (χ1) is 13.0. The van der Waals surface area contributed by atoms with E-state index in [-0.39, 0.29) is 17.6 Å². The summed E-state index contributed by atoms with van der Waals surface area (Å²) >= 11 is 0. The highest BCUT2D eigenvalue weighted by atomic mass is 19.1. The zero-order valence-electron chi connectivity index (χ0n) is 16.1. The van der Waals surface area contributed by atoms with E-state index in [1.165, 1.54) is 12.1 Å². The number of anilines is 1. The van der Waals surface area contributed by atoms with Crippen molar-refractivity contribution in [2.45, 2.75) is 33.4 Å². The summed E-state index contributed by atoms with van der Waals surface area (Å²) in [5, 5.41) is 9.37. The molecule has 0 aliphatic carbocycles. The van der Waals surface area contributed by atoms with Gasteiger partial charge in [-0.3, -0.25) is 9.79 Å². The SMILES string of the molecule is CCC(C)C(=O)Nc1cccc(CNC(=NC)NCc2ccc(F)cc2)c1. The summed E-state index contributed by atoms with van der Waals surface area (Å²) in [6.07, 6.45) is 0.809. The highest BCUT2D eigenvalue weighted by Gasteiger charge is 2.10. The van der Waals surface area contributed by atoms with E-state index in [0.717, 1.165) is 23.2 Å². The molecule has 0 aromatic heterocycles. The Morgan fingerprint density at radius 2 is 1.74 bits per heavy atom. The third-order valence-corrected chi connectivity index (χ3v) is 4.31. The van der Waals surface area contributed by atoms with Gasteiger partial charge in [0.25, 0.3) is 0 Å². The largest absolute Gasteiger partial charge is 0.352 e. The van der Waals surface area contributed by atoms with E-state index in [4.69, 9.17) is 0 Å². The number of halogens is 1. The Labute approximate surface area is 160 Å². The number of nitrogens with zero attached hydrogens (tertiary/aromatic N) is 1. The van der Waals surface area contributed by atoms with Crippen LogP contribution in [0.2, 0.25) is 0 Å². The second kappa shape index (κ2) is 10.3. The lowest BCUT2D eigenvalue weighted by molar-refractivity contribution is -0.119.